The summed E-state index contributed by atoms with van der Waals surface area (Å²) in [4.78, 5) is 86.2. The zero-order valence-corrected chi connectivity index (χ0v) is 30.1. The average molecular weight is 740 g/mol. The van der Waals surface area contributed by atoms with Crippen molar-refractivity contribution in [1.29, 1.82) is 0 Å². The highest BCUT2D eigenvalue weighted by Gasteiger charge is 2.57. The highest BCUT2D eigenvalue weighted by Crippen LogP contribution is 2.35. The molecular formula is C31H48O18Si. The zero-order valence-electron chi connectivity index (χ0n) is 32.1. The van der Waals surface area contributed by atoms with Crippen LogP contribution in [0.4, 0.5) is 0 Å². The fourth-order valence-electron chi connectivity index (χ4n) is 4.98. The summed E-state index contributed by atoms with van der Waals surface area (Å²) < 4.78 is 84.5. The Balaban J connectivity index is 2.78. The summed E-state index contributed by atoms with van der Waals surface area (Å²) in [7, 11) is -1.72. The summed E-state index contributed by atoms with van der Waals surface area (Å²) in [5.41, 5.74) is 0. The molecule has 0 aromatic rings. The molecule has 0 amide bonds. The molecule has 19 heteroatoms. The van der Waals surface area contributed by atoms with E-state index in [0.717, 1.165) is 27.7 Å². The molecule has 2 fully saturated rings. The molecule has 18 nitrogen and oxygen atoms in total. The molecule has 10 atom stereocenters. The molecule has 2 rings (SSSR count). The fraction of sp³-hybridized carbons (Fsp3) is 0.774. The van der Waals surface area contributed by atoms with Crippen LogP contribution in [0.5, 0.6) is 0 Å². The minimum Gasteiger partial charge on any atom is -0.463 e. The van der Waals surface area contributed by atoms with Crippen molar-refractivity contribution >= 4 is 49.9 Å². The van der Waals surface area contributed by atoms with Crippen molar-refractivity contribution in [2.75, 3.05) is 19.8 Å². The van der Waals surface area contributed by atoms with Gasteiger partial charge >= 0.3 is 41.8 Å². The molecule has 50 heavy (non-hydrogen) atoms. The molecule has 2 saturated heterocycles. The molecule has 1 unspecified atom stereocenters. The van der Waals surface area contributed by atoms with Crippen molar-refractivity contribution in [3.05, 3.63) is 0 Å². The van der Waals surface area contributed by atoms with Gasteiger partial charge in [-0.1, -0.05) is 19.6 Å². The summed E-state index contributed by atoms with van der Waals surface area (Å²) in [6, 6.07) is 0.590. The molecule has 2 aliphatic heterocycles. The monoisotopic (exact) mass is 739 g/mol. The van der Waals surface area contributed by atoms with Crippen LogP contribution < -0.4 is 0 Å². The second-order valence-electron chi connectivity index (χ2n) is 12.5. The minimum absolute atomic E-state index is 0.0683. The number of esters is 7. The first-order chi connectivity index (χ1) is 24.8. The predicted octanol–water partition coefficient (Wildman–Crippen LogP) is 0.961. The van der Waals surface area contributed by atoms with E-state index in [9.17, 15) is 33.6 Å². The van der Waals surface area contributed by atoms with Gasteiger partial charge in [0.1, 0.15) is 31.5 Å². The first kappa shape index (κ1) is 37.6. The summed E-state index contributed by atoms with van der Waals surface area (Å²) in [5.74, 6) is -6.81. The average Bonchev–Trinajstić information content (AvgIpc) is 3.06. The lowest BCUT2D eigenvalue weighted by molar-refractivity contribution is -0.360. The summed E-state index contributed by atoms with van der Waals surface area (Å²) >= 11 is 0. The van der Waals surface area contributed by atoms with Crippen molar-refractivity contribution < 1.29 is 89.8 Å². The summed E-state index contributed by atoms with van der Waals surface area (Å²) in [6.45, 7) is 6.48. The van der Waals surface area contributed by atoms with Gasteiger partial charge in [-0.2, -0.15) is 0 Å². The third kappa shape index (κ3) is 13.9. The number of carbonyl (C=O) groups excluding carboxylic acids is 7. The van der Waals surface area contributed by atoms with Crippen LogP contribution in [0.1, 0.15) is 52.5 Å². The smallest absolute Gasteiger partial charge is 0.303 e. The number of hydrogen-bond donors (Lipinski definition) is 0. The van der Waals surface area contributed by atoms with Gasteiger partial charge in [0, 0.05) is 67.2 Å². The van der Waals surface area contributed by atoms with Gasteiger partial charge in [-0.3, -0.25) is 33.6 Å². The maximum absolute atomic E-state index is 12.7. The second kappa shape index (κ2) is 19.1. The van der Waals surface area contributed by atoms with Crippen LogP contribution in [0, 0.1) is 0 Å². The van der Waals surface area contributed by atoms with E-state index in [1.807, 2.05) is 0 Å². The van der Waals surface area contributed by atoms with Gasteiger partial charge in [-0.25, -0.2) is 0 Å². The molecule has 0 spiro atoms. The zero-order chi connectivity index (χ0) is 40.0. The van der Waals surface area contributed by atoms with Gasteiger partial charge in [0.15, 0.2) is 43.1 Å². The van der Waals surface area contributed by atoms with Gasteiger partial charge in [0.2, 0.25) is 0 Å². The molecule has 0 bridgehead atoms. The van der Waals surface area contributed by atoms with Gasteiger partial charge < -0.3 is 52.1 Å². The number of rotatable bonds is 15. The van der Waals surface area contributed by atoms with Gasteiger partial charge in [0.05, 0.1) is 0 Å². The molecule has 2 heterocycles. The minimum atomic E-state index is -1.88. The normalized spacial score (nSPS) is 30.3. The van der Waals surface area contributed by atoms with Crippen LogP contribution in [0.2, 0.25) is 25.7 Å². The molecule has 0 radical (unpaired) electrons. The maximum Gasteiger partial charge on any atom is 0.303 e. The van der Waals surface area contributed by atoms with Crippen LogP contribution in [-0.4, -0.2) is 131 Å². The molecule has 0 aromatic carbocycles. The van der Waals surface area contributed by atoms with E-state index < -0.39 is 145 Å². The second-order valence-corrected chi connectivity index (χ2v) is 18.1. The highest BCUT2D eigenvalue weighted by molar-refractivity contribution is 6.76. The molecular weight excluding hydrogens is 688 g/mol. The van der Waals surface area contributed by atoms with E-state index in [1.54, 1.807) is 0 Å². The highest BCUT2D eigenvalue weighted by atomic mass is 28.3. The molecule has 284 valence electrons. The van der Waals surface area contributed by atoms with Crippen LogP contribution in [0.15, 0.2) is 0 Å². The van der Waals surface area contributed by atoms with Crippen molar-refractivity contribution in [3.8, 4) is 0 Å². The fourth-order valence-corrected chi connectivity index (χ4v) is 5.71. The molecule has 0 N–H and O–H groups in total. The van der Waals surface area contributed by atoms with Crippen molar-refractivity contribution in [2.24, 2.45) is 0 Å². The van der Waals surface area contributed by atoms with Gasteiger partial charge in [-0.05, 0) is 6.04 Å². The lowest BCUT2D eigenvalue weighted by Crippen LogP contribution is -2.67. The number of ether oxygens (including phenoxy) is 11. The Hall–Kier alpha value is -3.65. The topological polar surface area (TPSA) is 221 Å². The van der Waals surface area contributed by atoms with Crippen LogP contribution in [-0.2, 0) is 85.7 Å². The lowest BCUT2D eigenvalue weighted by atomic mass is 9.96. The van der Waals surface area contributed by atoms with E-state index in [0.29, 0.717) is 6.04 Å². The van der Waals surface area contributed by atoms with Crippen LogP contribution in [0.25, 0.3) is 0 Å². The van der Waals surface area contributed by atoms with Crippen LogP contribution in [0.3, 0.4) is 0 Å². The molecule has 0 aliphatic carbocycles. The van der Waals surface area contributed by atoms with Gasteiger partial charge in [0.25, 0.3) is 0 Å². The van der Waals surface area contributed by atoms with E-state index in [1.165, 1.54) is 0 Å². The largest absolute Gasteiger partial charge is 0.463 e. The van der Waals surface area contributed by atoms with Crippen LogP contribution >= 0.6 is 0 Å². The third-order valence-electron chi connectivity index (χ3n) is 6.91. The van der Waals surface area contributed by atoms with E-state index in [2.05, 4.69) is 19.6 Å². The standard InChI is InChI=1S/C31H48O18Si/c1-15(32)40-13-22-24(42-17(3)34)26(43-18(4)35)29(46-21(7)38)31(48-22)49-25-23(14-41-16(2)33)47-30(39-11-12-50(8,9)10)28(45-20(6)37)27(25)44-19(5)36/h22-31H,11-14H2,1-10H3/t22-,23-,24+,25-,26+,27+,28-,29-,30?,31+/m1/s1/i2D,5D,6D. The van der Waals surface area contributed by atoms with Crippen molar-refractivity contribution in [3.63, 3.8) is 0 Å². The lowest BCUT2D eigenvalue weighted by Gasteiger charge is -2.48. The molecule has 0 saturated carbocycles. The van der Waals surface area contributed by atoms with Crippen molar-refractivity contribution in [1.82, 2.24) is 0 Å². The Morgan fingerprint density at radius 3 is 1.48 bits per heavy atom. The predicted molar refractivity (Wildman–Crippen MR) is 167 cm³/mol. The molecule has 0 aromatic heterocycles. The van der Waals surface area contributed by atoms with Gasteiger partial charge in [-0.15, -0.1) is 0 Å². The molecule has 2 aliphatic rings. The Kier molecular flexibility index (Phi) is 14.4. The summed E-state index contributed by atoms with van der Waals surface area (Å²) in [5, 5.41) is 0. The third-order valence-corrected chi connectivity index (χ3v) is 8.61. The Morgan fingerprint density at radius 2 is 0.960 bits per heavy atom. The van der Waals surface area contributed by atoms with Crippen molar-refractivity contribution in [2.45, 2.75) is 135 Å². The van der Waals surface area contributed by atoms with E-state index in [-0.39, 0.29) is 6.61 Å². The number of carbonyl (C=O) groups is 7. The first-order valence-corrected chi connectivity index (χ1v) is 19.2. The number of hydrogen-bond acceptors (Lipinski definition) is 18. The Morgan fingerprint density at radius 1 is 0.540 bits per heavy atom. The van der Waals surface area contributed by atoms with E-state index >= 15 is 0 Å². The van der Waals surface area contributed by atoms with E-state index in [4.69, 9.17) is 56.2 Å². The first-order valence-electron chi connectivity index (χ1n) is 17.6. The Bertz CT molecular complexity index is 1300. The SMILES string of the molecule is [2H]CC(=O)OC[C@H]1OC(OCC[Si](C)(C)C)[C@H](OC(=O)C[2H])[C@@H](OC(=O)C[2H])[C@@H]1O[C@@H]1O[C@H](COC(C)=O)[C@H](OC(C)=O)[C@H](OC(C)=O)[C@H]1OC(C)=O. The summed E-state index contributed by atoms with van der Waals surface area (Å²) in [6.07, 6.45) is -16.5. The Labute approximate surface area is 295 Å². The quantitative estimate of drug-likeness (QED) is 0.130. The maximum atomic E-state index is 12.7.